The van der Waals surface area contributed by atoms with E-state index in [2.05, 4.69) is 57.0 Å². The number of aliphatic hydroxyl groups excluding tert-OH is 1. The number of aliphatic hydroxyl groups is 1. The highest BCUT2D eigenvalue weighted by Crippen LogP contribution is 2.33. The third-order valence-corrected chi connectivity index (χ3v) is 6.87. The molecule has 33 heavy (non-hydrogen) atoms. The quantitative estimate of drug-likeness (QED) is 0.391. The standard InChI is InChI=1S/C28H28N2O2S/c31-24(19-32-27-10-4-9-26-25(27)8-5-14-29-26)18-30-15-11-22(12-16-30)28(23-13-17-33-20-23)21-6-2-1-3-7-21/h1-10,13-14,17,20,24,31H,11-12,15-16,18-19H2. The van der Waals surface area contributed by atoms with Crippen molar-refractivity contribution in [1.82, 2.24) is 9.88 Å². The van der Waals surface area contributed by atoms with Crippen LogP contribution in [0.2, 0.25) is 0 Å². The maximum Gasteiger partial charge on any atom is 0.128 e. The van der Waals surface area contributed by atoms with Gasteiger partial charge in [0.25, 0.3) is 0 Å². The van der Waals surface area contributed by atoms with Crippen LogP contribution in [0.4, 0.5) is 0 Å². The minimum Gasteiger partial charge on any atom is -0.490 e. The Morgan fingerprint density at radius 3 is 2.61 bits per heavy atom. The second-order valence-electron chi connectivity index (χ2n) is 8.45. The van der Waals surface area contributed by atoms with E-state index >= 15 is 0 Å². The van der Waals surface area contributed by atoms with Crippen LogP contribution in [0.1, 0.15) is 24.0 Å². The topological polar surface area (TPSA) is 45.6 Å². The number of benzene rings is 2. The van der Waals surface area contributed by atoms with Gasteiger partial charge in [-0.05, 0) is 70.6 Å². The summed E-state index contributed by atoms with van der Waals surface area (Å²) in [6, 6.07) is 22.7. The van der Waals surface area contributed by atoms with Crippen molar-refractivity contribution in [1.29, 1.82) is 0 Å². The van der Waals surface area contributed by atoms with Gasteiger partial charge in [-0.1, -0.05) is 42.0 Å². The van der Waals surface area contributed by atoms with Gasteiger partial charge in [-0.25, -0.2) is 0 Å². The number of nitrogens with zero attached hydrogens (tertiary/aromatic N) is 2. The van der Waals surface area contributed by atoms with E-state index in [1.807, 2.05) is 30.3 Å². The summed E-state index contributed by atoms with van der Waals surface area (Å²) in [6.07, 6.45) is 3.28. The summed E-state index contributed by atoms with van der Waals surface area (Å²) in [4.78, 5) is 6.72. The number of fused-ring (bicyclic) bond motifs is 1. The summed E-state index contributed by atoms with van der Waals surface area (Å²) in [5, 5.41) is 16.0. The zero-order valence-electron chi connectivity index (χ0n) is 18.6. The van der Waals surface area contributed by atoms with Crippen molar-refractivity contribution in [3.8, 4) is 5.75 Å². The van der Waals surface area contributed by atoms with Crippen molar-refractivity contribution in [3.63, 3.8) is 0 Å². The van der Waals surface area contributed by atoms with E-state index < -0.39 is 6.10 Å². The molecular formula is C28H28N2O2S. The molecule has 168 valence electrons. The summed E-state index contributed by atoms with van der Waals surface area (Å²) in [6.45, 7) is 2.79. The van der Waals surface area contributed by atoms with Gasteiger partial charge in [0.15, 0.2) is 0 Å². The van der Waals surface area contributed by atoms with Gasteiger partial charge in [0, 0.05) is 31.2 Å². The normalized spacial score (nSPS) is 15.5. The molecule has 2 aromatic heterocycles. The van der Waals surface area contributed by atoms with Gasteiger partial charge in [0.1, 0.15) is 18.5 Å². The van der Waals surface area contributed by atoms with E-state index in [9.17, 15) is 5.11 Å². The summed E-state index contributed by atoms with van der Waals surface area (Å²) >= 11 is 1.74. The molecule has 3 heterocycles. The van der Waals surface area contributed by atoms with Gasteiger partial charge in [0.2, 0.25) is 0 Å². The van der Waals surface area contributed by atoms with Crippen molar-refractivity contribution in [2.24, 2.45) is 0 Å². The molecule has 4 nitrogen and oxygen atoms in total. The Morgan fingerprint density at radius 1 is 0.970 bits per heavy atom. The molecule has 0 aliphatic carbocycles. The maximum atomic E-state index is 10.6. The molecule has 0 amide bonds. The van der Waals surface area contributed by atoms with E-state index in [0.717, 1.165) is 42.6 Å². The van der Waals surface area contributed by atoms with Crippen LogP contribution in [0.25, 0.3) is 16.5 Å². The predicted octanol–water partition coefficient (Wildman–Crippen LogP) is 5.63. The zero-order valence-corrected chi connectivity index (χ0v) is 19.4. The monoisotopic (exact) mass is 456 g/mol. The number of hydrogen-bond acceptors (Lipinski definition) is 5. The van der Waals surface area contributed by atoms with E-state index in [1.165, 1.54) is 22.3 Å². The molecule has 4 aromatic rings. The Kier molecular flexibility index (Phi) is 6.81. The number of pyridine rings is 1. The summed E-state index contributed by atoms with van der Waals surface area (Å²) in [5.41, 5.74) is 6.39. The van der Waals surface area contributed by atoms with E-state index in [0.29, 0.717) is 6.54 Å². The van der Waals surface area contributed by atoms with Gasteiger partial charge in [-0.15, -0.1) is 0 Å². The van der Waals surface area contributed by atoms with Gasteiger partial charge in [-0.2, -0.15) is 11.3 Å². The van der Waals surface area contributed by atoms with Gasteiger partial charge in [0.05, 0.1) is 5.52 Å². The first-order valence-corrected chi connectivity index (χ1v) is 12.4. The molecule has 1 N–H and O–H groups in total. The van der Waals surface area contributed by atoms with Crippen LogP contribution in [0.3, 0.4) is 0 Å². The summed E-state index contributed by atoms with van der Waals surface area (Å²) in [5.74, 6) is 0.770. The average Bonchev–Trinajstić information content (AvgIpc) is 3.39. The van der Waals surface area contributed by atoms with E-state index in [4.69, 9.17) is 4.74 Å². The molecular weight excluding hydrogens is 428 g/mol. The first kappa shape index (κ1) is 21.8. The average molecular weight is 457 g/mol. The lowest BCUT2D eigenvalue weighted by Crippen LogP contribution is -2.39. The highest BCUT2D eigenvalue weighted by Gasteiger charge is 2.21. The zero-order chi connectivity index (χ0) is 22.5. The molecule has 0 saturated carbocycles. The number of thiophene rings is 1. The molecule has 1 aliphatic rings. The number of β-amino-alcohol motifs (C(OH)–C–C–N with tert-alkyl or cyclic N) is 1. The van der Waals surface area contributed by atoms with Crippen LogP contribution in [-0.4, -0.2) is 47.3 Å². The van der Waals surface area contributed by atoms with Crippen LogP contribution in [0.15, 0.2) is 89.3 Å². The Bertz CT molecular complexity index is 1210. The molecule has 5 heteroatoms. The predicted molar refractivity (Wildman–Crippen MR) is 136 cm³/mol. The van der Waals surface area contributed by atoms with E-state index in [1.54, 1.807) is 17.5 Å². The number of ether oxygens (including phenoxy) is 1. The molecule has 0 spiro atoms. The van der Waals surface area contributed by atoms with E-state index in [-0.39, 0.29) is 6.61 Å². The number of rotatable bonds is 7. The minimum absolute atomic E-state index is 0.275. The van der Waals surface area contributed by atoms with Crippen molar-refractivity contribution in [2.75, 3.05) is 26.2 Å². The molecule has 1 atom stereocenters. The molecule has 1 fully saturated rings. The second kappa shape index (κ2) is 10.3. The van der Waals surface area contributed by atoms with Crippen LogP contribution < -0.4 is 4.74 Å². The molecule has 1 aliphatic heterocycles. The van der Waals surface area contributed by atoms with Crippen molar-refractivity contribution in [3.05, 3.63) is 100 Å². The fourth-order valence-corrected chi connectivity index (χ4v) is 5.23. The molecule has 1 saturated heterocycles. The molecule has 0 radical (unpaired) electrons. The molecule has 2 aromatic carbocycles. The Labute approximate surface area is 198 Å². The molecule has 0 bridgehead atoms. The summed E-state index contributed by atoms with van der Waals surface area (Å²) in [7, 11) is 0. The lowest BCUT2D eigenvalue weighted by Gasteiger charge is -2.31. The SMILES string of the molecule is OC(COc1cccc2ncccc12)CN1CCC(=C(c2ccccc2)c2ccsc2)CC1. The van der Waals surface area contributed by atoms with Crippen LogP contribution in [0, 0.1) is 0 Å². The van der Waals surface area contributed by atoms with Crippen LogP contribution >= 0.6 is 11.3 Å². The minimum atomic E-state index is -0.534. The van der Waals surface area contributed by atoms with Crippen molar-refractivity contribution >= 4 is 27.8 Å². The highest BCUT2D eigenvalue weighted by molar-refractivity contribution is 7.08. The lowest BCUT2D eigenvalue weighted by molar-refractivity contribution is 0.0661. The van der Waals surface area contributed by atoms with Crippen molar-refractivity contribution in [2.45, 2.75) is 18.9 Å². The Balaban J connectivity index is 1.21. The number of piperidine rings is 1. The highest BCUT2D eigenvalue weighted by atomic mass is 32.1. The van der Waals surface area contributed by atoms with Gasteiger partial charge in [-0.3, -0.25) is 9.88 Å². The fraction of sp³-hybridized carbons (Fsp3) is 0.250. The second-order valence-corrected chi connectivity index (χ2v) is 9.23. The fourth-order valence-electron chi connectivity index (χ4n) is 4.58. The van der Waals surface area contributed by atoms with Crippen LogP contribution in [0.5, 0.6) is 5.75 Å². The molecule has 1 unspecified atom stereocenters. The number of likely N-dealkylation sites (tertiary alicyclic amines) is 1. The first-order valence-electron chi connectivity index (χ1n) is 11.4. The van der Waals surface area contributed by atoms with Crippen molar-refractivity contribution < 1.29 is 9.84 Å². The Morgan fingerprint density at radius 2 is 1.82 bits per heavy atom. The van der Waals surface area contributed by atoms with Gasteiger partial charge >= 0.3 is 0 Å². The number of aromatic nitrogens is 1. The third-order valence-electron chi connectivity index (χ3n) is 6.19. The smallest absolute Gasteiger partial charge is 0.128 e. The summed E-state index contributed by atoms with van der Waals surface area (Å²) < 4.78 is 5.96. The first-order chi connectivity index (χ1) is 16.3. The number of hydrogen-bond donors (Lipinski definition) is 1. The largest absolute Gasteiger partial charge is 0.490 e. The Hall–Kier alpha value is -2.99. The lowest BCUT2D eigenvalue weighted by atomic mass is 9.89. The third kappa shape index (κ3) is 5.17. The van der Waals surface area contributed by atoms with Gasteiger partial charge < -0.3 is 9.84 Å². The van der Waals surface area contributed by atoms with Crippen LogP contribution in [-0.2, 0) is 0 Å². The maximum absolute atomic E-state index is 10.6. The molecule has 5 rings (SSSR count).